The quantitative estimate of drug-likeness (QED) is 0.257. The van der Waals surface area contributed by atoms with Crippen LogP contribution in [0.4, 0.5) is 8.78 Å². The molecule has 41 heavy (non-hydrogen) atoms. The summed E-state index contributed by atoms with van der Waals surface area (Å²) in [7, 11) is 0. The molecule has 7 nitrogen and oxygen atoms in total. The number of amides is 2. The third-order valence-electron chi connectivity index (χ3n) is 6.68. The molecule has 0 saturated carbocycles. The fourth-order valence-corrected chi connectivity index (χ4v) is 4.48. The topological polar surface area (TPSA) is 90.1 Å². The number of halogens is 2. The molecule has 2 aromatic rings. The zero-order chi connectivity index (χ0) is 31.2. The third-order valence-corrected chi connectivity index (χ3v) is 6.68. The molecule has 1 aliphatic rings. The van der Waals surface area contributed by atoms with Gasteiger partial charge >= 0.3 is 0 Å². The average Bonchev–Trinajstić information content (AvgIpc) is 3.41. The number of nitrogens with one attached hydrogen (secondary N) is 3. The molecule has 3 rings (SSSR count). The van der Waals surface area contributed by atoms with E-state index in [1.807, 2.05) is 13.8 Å². The van der Waals surface area contributed by atoms with Gasteiger partial charge in [-0.1, -0.05) is 41.2 Å². The summed E-state index contributed by atoms with van der Waals surface area (Å²) < 4.78 is 27.3. The van der Waals surface area contributed by atoms with Gasteiger partial charge in [-0.05, 0) is 50.2 Å². The maximum absolute atomic E-state index is 14.1. The lowest BCUT2D eigenvalue weighted by atomic mass is 9.90. The molecule has 1 aliphatic heterocycles. The van der Waals surface area contributed by atoms with Gasteiger partial charge < -0.3 is 20.5 Å². The van der Waals surface area contributed by atoms with Crippen LogP contribution in [0.1, 0.15) is 88.7 Å². The van der Waals surface area contributed by atoms with Crippen molar-refractivity contribution >= 4 is 11.8 Å². The highest BCUT2D eigenvalue weighted by Gasteiger charge is 2.27. The van der Waals surface area contributed by atoms with Crippen molar-refractivity contribution in [2.24, 2.45) is 5.41 Å². The molecule has 2 amide bonds. The van der Waals surface area contributed by atoms with E-state index in [2.05, 4.69) is 72.9 Å². The van der Waals surface area contributed by atoms with Gasteiger partial charge in [0.05, 0.1) is 18.4 Å². The van der Waals surface area contributed by atoms with Gasteiger partial charge in [0, 0.05) is 45.6 Å². The van der Waals surface area contributed by atoms with Gasteiger partial charge in [-0.3, -0.25) is 9.59 Å². The van der Waals surface area contributed by atoms with Gasteiger partial charge in [-0.25, -0.2) is 13.8 Å². The number of nitrogens with zero attached hydrogens (tertiary/aromatic N) is 2. The second-order valence-corrected chi connectivity index (χ2v) is 11.1. The van der Waals surface area contributed by atoms with Crippen LogP contribution in [0.2, 0.25) is 0 Å². The Morgan fingerprint density at radius 1 is 1.22 bits per heavy atom. The lowest BCUT2D eigenvalue weighted by Crippen LogP contribution is -2.48. The van der Waals surface area contributed by atoms with E-state index in [-0.39, 0.29) is 32.2 Å². The van der Waals surface area contributed by atoms with E-state index < -0.39 is 17.7 Å². The molecule has 0 unspecified atom stereocenters. The van der Waals surface area contributed by atoms with Crippen molar-refractivity contribution < 1.29 is 21.2 Å². The molecular formula is C32H53F2N5O2. The van der Waals surface area contributed by atoms with E-state index in [0.717, 1.165) is 31.1 Å². The first-order valence-corrected chi connectivity index (χ1v) is 14.4. The van der Waals surface area contributed by atoms with Crippen LogP contribution in [-0.4, -0.2) is 45.3 Å². The molecule has 1 saturated heterocycles. The number of likely N-dealkylation sites (tertiary alicyclic amines) is 1. The largest absolute Gasteiger partial charge is 0.373 e. The number of hydrogen-bond donors (Lipinski definition) is 3. The summed E-state index contributed by atoms with van der Waals surface area (Å²) in [5, 5.41) is 5.72. The maximum atomic E-state index is 14.1. The van der Waals surface area contributed by atoms with Gasteiger partial charge in [-0.2, -0.15) is 0 Å². The summed E-state index contributed by atoms with van der Waals surface area (Å²) in [6.07, 6.45) is 6.09. The van der Waals surface area contributed by atoms with Crippen LogP contribution in [0.15, 0.2) is 49.8 Å². The van der Waals surface area contributed by atoms with Gasteiger partial charge in [0.15, 0.2) is 0 Å². The predicted molar refractivity (Wildman–Crippen MR) is 167 cm³/mol. The first-order valence-electron chi connectivity index (χ1n) is 14.4. The molecule has 2 heterocycles. The fraction of sp³-hybridized carbons (Fsp3) is 0.531. The van der Waals surface area contributed by atoms with Crippen LogP contribution < -0.4 is 10.6 Å². The van der Waals surface area contributed by atoms with Crippen LogP contribution in [0.25, 0.3) is 11.3 Å². The van der Waals surface area contributed by atoms with Crippen LogP contribution in [-0.2, 0) is 16.1 Å². The minimum absolute atomic E-state index is 0. The number of H-pyrrole nitrogens is 1. The molecule has 0 bridgehead atoms. The Morgan fingerprint density at radius 3 is 2.51 bits per heavy atom. The summed E-state index contributed by atoms with van der Waals surface area (Å²) in [5.41, 5.74) is 1.39. The normalized spacial score (nSPS) is 15.4. The molecule has 1 fully saturated rings. The van der Waals surface area contributed by atoms with Crippen molar-refractivity contribution in [1.29, 1.82) is 0 Å². The van der Waals surface area contributed by atoms with E-state index in [1.54, 1.807) is 0 Å². The van der Waals surface area contributed by atoms with E-state index in [1.165, 1.54) is 24.8 Å². The van der Waals surface area contributed by atoms with Crippen molar-refractivity contribution in [2.75, 3.05) is 6.54 Å². The average molecular weight is 578 g/mol. The monoisotopic (exact) mass is 577 g/mol. The number of aromatic nitrogens is 2. The Bertz CT molecular complexity index is 1140. The van der Waals surface area contributed by atoms with E-state index in [0.29, 0.717) is 36.8 Å². The van der Waals surface area contributed by atoms with Gasteiger partial charge in [0.1, 0.15) is 23.5 Å². The molecule has 3 N–H and O–H groups in total. The molecular weight excluding hydrogens is 524 g/mol. The maximum Gasteiger partial charge on any atom is 0.243 e. The Labute approximate surface area is 247 Å². The third kappa shape index (κ3) is 11.9. The van der Waals surface area contributed by atoms with Crippen LogP contribution in [0, 0.1) is 17.0 Å². The second-order valence-electron chi connectivity index (χ2n) is 11.1. The highest BCUT2D eigenvalue weighted by Crippen LogP contribution is 2.24. The summed E-state index contributed by atoms with van der Waals surface area (Å²) in [6.45, 7) is 23.5. The standard InChI is InChI=1S/C28H39F2N5O2.C2H6.C2H4.2H2/c1-18-8-6-7-13-35(18)19(2)14-23(34-26(36)11-12-28(3,4)5)27(37)32-17-25-31-16-24(33-25)21-10-9-20(29)15-22(21)30;2*1-2;;/h9-10,15-16,18,23H,2,6-8,11-14,17H2,1,3-5H3,(H,31,33)(H,32,37)(H,34,36);1-2H3;1-2H2;2*1H/t18-,23-;;;;/m0..../s1. The van der Waals surface area contributed by atoms with Crippen molar-refractivity contribution in [2.45, 2.75) is 98.7 Å². The molecule has 0 radical (unpaired) electrons. The fourth-order valence-electron chi connectivity index (χ4n) is 4.48. The van der Waals surface area contributed by atoms with Crippen molar-refractivity contribution in [1.82, 2.24) is 25.5 Å². The number of carbonyl (C=O) groups is 2. The van der Waals surface area contributed by atoms with Crippen molar-refractivity contribution in [3.05, 3.63) is 67.3 Å². The Balaban J connectivity index is 0. The van der Waals surface area contributed by atoms with Gasteiger partial charge in [0.25, 0.3) is 0 Å². The molecule has 0 spiro atoms. The van der Waals surface area contributed by atoms with Crippen molar-refractivity contribution in [3.8, 4) is 11.3 Å². The van der Waals surface area contributed by atoms with Crippen LogP contribution in [0.3, 0.4) is 0 Å². The number of benzene rings is 1. The Morgan fingerprint density at radius 2 is 1.90 bits per heavy atom. The van der Waals surface area contributed by atoms with E-state index >= 15 is 0 Å². The van der Waals surface area contributed by atoms with Crippen LogP contribution >= 0.6 is 0 Å². The summed E-state index contributed by atoms with van der Waals surface area (Å²) >= 11 is 0. The number of piperidine rings is 1. The first kappa shape index (κ1) is 35.5. The van der Waals surface area contributed by atoms with Gasteiger partial charge in [-0.15, -0.1) is 13.2 Å². The summed E-state index contributed by atoms with van der Waals surface area (Å²) in [4.78, 5) is 35.3. The predicted octanol–water partition coefficient (Wildman–Crippen LogP) is 7.38. The molecule has 2 atom stereocenters. The SMILES string of the molecule is C=C.C=C(C[C@H](NC(=O)CCC(C)(C)C)C(=O)NCc1ncc(-c2ccc(F)cc2F)[nH]1)N1CCCC[C@@H]1C.CC.[HH].[HH]. The minimum Gasteiger partial charge on any atom is -0.373 e. The zero-order valence-corrected chi connectivity index (χ0v) is 25.7. The first-order chi connectivity index (χ1) is 19.4. The molecule has 9 heteroatoms. The minimum atomic E-state index is -0.780. The highest BCUT2D eigenvalue weighted by molar-refractivity contribution is 5.87. The van der Waals surface area contributed by atoms with Crippen molar-refractivity contribution in [3.63, 3.8) is 0 Å². The molecule has 1 aromatic heterocycles. The molecule has 1 aromatic carbocycles. The Kier molecular flexibility index (Phi) is 15.0. The smallest absolute Gasteiger partial charge is 0.243 e. The number of hydrogen-bond acceptors (Lipinski definition) is 4. The number of rotatable bonds is 10. The van der Waals surface area contributed by atoms with Crippen LogP contribution in [0.5, 0.6) is 0 Å². The lowest BCUT2D eigenvalue weighted by molar-refractivity contribution is -0.129. The number of imidazole rings is 1. The number of carbonyl (C=O) groups excluding carboxylic acids is 2. The highest BCUT2D eigenvalue weighted by atomic mass is 19.1. The molecule has 232 valence electrons. The molecule has 0 aliphatic carbocycles. The zero-order valence-electron chi connectivity index (χ0n) is 25.7. The van der Waals surface area contributed by atoms with E-state index in [9.17, 15) is 18.4 Å². The summed E-state index contributed by atoms with van der Waals surface area (Å²) in [6, 6.07) is 2.87. The van der Waals surface area contributed by atoms with E-state index in [4.69, 9.17) is 0 Å². The Hall–Kier alpha value is -3.49. The number of aromatic amines is 1. The lowest BCUT2D eigenvalue weighted by Gasteiger charge is -2.37. The van der Waals surface area contributed by atoms with Gasteiger partial charge in [0.2, 0.25) is 11.8 Å². The second kappa shape index (κ2) is 17.4. The summed E-state index contributed by atoms with van der Waals surface area (Å²) in [5.74, 6) is -1.48.